The van der Waals surface area contributed by atoms with Gasteiger partial charge in [-0.2, -0.15) is 5.10 Å². The monoisotopic (exact) mass is 514 g/mol. The van der Waals surface area contributed by atoms with Crippen LogP contribution in [0.3, 0.4) is 0 Å². The van der Waals surface area contributed by atoms with E-state index in [1.165, 1.54) is 18.3 Å². The molecule has 0 spiro atoms. The third-order valence-corrected chi connectivity index (χ3v) is 6.81. The van der Waals surface area contributed by atoms with E-state index in [9.17, 15) is 13.2 Å². The van der Waals surface area contributed by atoms with E-state index < -0.39 is 22.5 Å². The van der Waals surface area contributed by atoms with Gasteiger partial charge >= 0.3 is 0 Å². The summed E-state index contributed by atoms with van der Waals surface area (Å²) in [6.45, 7) is -0.426. The first-order valence-corrected chi connectivity index (χ1v) is 11.9. The van der Waals surface area contributed by atoms with Crippen molar-refractivity contribution in [1.82, 2.24) is 5.43 Å². The quantitative estimate of drug-likeness (QED) is 0.365. The van der Waals surface area contributed by atoms with E-state index in [4.69, 9.17) is 0 Å². The zero-order chi connectivity index (χ0) is 23.1. The number of hydrogen-bond donors (Lipinski definition) is 1. The van der Waals surface area contributed by atoms with Crippen molar-refractivity contribution in [2.45, 2.75) is 4.90 Å². The molecule has 1 amide bonds. The number of amides is 1. The molecule has 0 bridgehead atoms. The van der Waals surface area contributed by atoms with Crippen LogP contribution in [0.1, 0.15) is 5.56 Å². The molecule has 7 nitrogen and oxygen atoms in total. The first-order valence-electron chi connectivity index (χ1n) is 9.70. The van der Waals surface area contributed by atoms with Gasteiger partial charge in [0.25, 0.3) is 15.9 Å². The number of anilines is 2. The van der Waals surface area contributed by atoms with Crippen LogP contribution in [-0.2, 0) is 14.8 Å². The summed E-state index contributed by atoms with van der Waals surface area (Å²) in [7, 11) is -0.0644. The summed E-state index contributed by atoms with van der Waals surface area (Å²) < 4.78 is 28.3. The Morgan fingerprint density at radius 3 is 2.28 bits per heavy atom. The number of benzene rings is 3. The van der Waals surface area contributed by atoms with Crippen molar-refractivity contribution in [3.8, 4) is 0 Å². The number of nitrogens with zero attached hydrogens (tertiary/aromatic N) is 3. The Labute approximate surface area is 196 Å². The van der Waals surface area contributed by atoms with Gasteiger partial charge in [0.05, 0.1) is 16.8 Å². The van der Waals surface area contributed by atoms with Crippen molar-refractivity contribution >= 4 is 49.4 Å². The summed E-state index contributed by atoms with van der Waals surface area (Å²) in [4.78, 5) is 14.6. The number of hydrogen-bond acceptors (Lipinski definition) is 5. The second kappa shape index (κ2) is 10.4. The molecular weight excluding hydrogens is 492 g/mol. The number of sulfonamides is 1. The number of nitrogens with one attached hydrogen (secondary N) is 1. The van der Waals surface area contributed by atoms with Crippen molar-refractivity contribution in [3.63, 3.8) is 0 Å². The highest BCUT2D eigenvalue weighted by Gasteiger charge is 2.27. The first kappa shape index (κ1) is 23.5. The van der Waals surface area contributed by atoms with Crippen molar-refractivity contribution in [2.24, 2.45) is 5.10 Å². The Bertz CT molecular complexity index is 1200. The van der Waals surface area contributed by atoms with Gasteiger partial charge in [-0.3, -0.25) is 9.10 Å². The van der Waals surface area contributed by atoms with Gasteiger partial charge in [0.2, 0.25) is 0 Å². The third-order valence-electron chi connectivity index (χ3n) is 4.53. The molecule has 0 saturated carbocycles. The maximum Gasteiger partial charge on any atom is 0.264 e. The first-order chi connectivity index (χ1) is 15.3. The lowest BCUT2D eigenvalue weighted by atomic mass is 10.2. The topological polar surface area (TPSA) is 82.1 Å². The van der Waals surface area contributed by atoms with Crippen molar-refractivity contribution in [2.75, 3.05) is 29.8 Å². The Morgan fingerprint density at radius 1 is 0.969 bits per heavy atom. The van der Waals surface area contributed by atoms with Crippen LogP contribution in [0.15, 0.2) is 93.3 Å². The molecule has 0 unspecified atom stereocenters. The van der Waals surface area contributed by atoms with E-state index in [0.29, 0.717) is 10.2 Å². The van der Waals surface area contributed by atoms with Gasteiger partial charge in [-0.1, -0.05) is 52.3 Å². The molecule has 166 valence electrons. The summed E-state index contributed by atoms with van der Waals surface area (Å²) in [5.41, 5.74) is 4.62. The Morgan fingerprint density at radius 2 is 1.66 bits per heavy atom. The van der Waals surface area contributed by atoms with E-state index in [2.05, 4.69) is 26.5 Å². The minimum Gasteiger partial charge on any atom is -0.378 e. The van der Waals surface area contributed by atoms with Crippen LogP contribution < -0.4 is 14.6 Å². The lowest BCUT2D eigenvalue weighted by molar-refractivity contribution is -0.119. The van der Waals surface area contributed by atoms with Gasteiger partial charge < -0.3 is 4.90 Å². The lowest BCUT2D eigenvalue weighted by Crippen LogP contribution is -2.39. The fourth-order valence-corrected chi connectivity index (χ4v) is 4.69. The lowest BCUT2D eigenvalue weighted by Gasteiger charge is -2.23. The number of halogens is 1. The van der Waals surface area contributed by atoms with E-state index >= 15 is 0 Å². The van der Waals surface area contributed by atoms with Crippen LogP contribution in [0.2, 0.25) is 0 Å². The Balaban J connectivity index is 1.78. The van der Waals surface area contributed by atoms with E-state index in [-0.39, 0.29) is 4.90 Å². The van der Waals surface area contributed by atoms with Gasteiger partial charge in [0.1, 0.15) is 6.54 Å². The van der Waals surface area contributed by atoms with E-state index in [1.54, 1.807) is 42.5 Å². The van der Waals surface area contributed by atoms with Crippen LogP contribution in [0.5, 0.6) is 0 Å². The summed E-state index contributed by atoms with van der Waals surface area (Å²) in [5.74, 6) is -0.564. The largest absolute Gasteiger partial charge is 0.378 e. The zero-order valence-corrected chi connectivity index (χ0v) is 20.0. The van der Waals surface area contributed by atoms with Crippen LogP contribution >= 0.6 is 15.9 Å². The van der Waals surface area contributed by atoms with Crippen LogP contribution in [-0.4, -0.2) is 41.2 Å². The summed E-state index contributed by atoms with van der Waals surface area (Å²) in [5, 5.41) is 3.97. The maximum absolute atomic E-state index is 13.2. The second-order valence-corrected chi connectivity index (χ2v) is 9.86. The highest BCUT2D eigenvalue weighted by Crippen LogP contribution is 2.26. The van der Waals surface area contributed by atoms with Crippen molar-refractivity contribution < 1.29 is 13.2 Å². The molecule has 0 aliphatic heterocycles. The minimum absolute atomic E-state index is 0.0947. The summed E-state index contributed by atoms with van der Waals surface area (Å²) in [6.07, 6.45) is 1.51. The number of rotatable bonds is 8. The molecule has 0 aliphatic rings. The normalized spacial score (nSPS) is 11.3. The van der Waals surface area contributed by atoms with Gasteiger partial charge in [-0.15, -0.1) is 0 Å². The highest BCUT2D eigenvalue weighted by molar-refractivity contribution is 9.10. The van der Waals surface area contributed by atoms with Gasteiger partial charge in [-0.05, 0) is 48.0 Å². The second-order valence-electron chi connectivity index (χ2n) is 7.08. The van der Waals surface area contributed by atoms with Crippen molar-refractivity contribution in [1.29, 1.82) is 0 Å². The fourth-order valence-electron chi connectivity index (χ4n) is 2.87. The molecule has 0 atom stereocenters. The zero-order valence-electron chi connectivity index (χ0n) is 17.6. The molecule has 9 heteroatoms. The van der Waals surface area contributed by atoms with Gasteiger partial charge in [0, 0.05) is 24.3 Å². The molecule has 0 aliphatic carbocycles. The molecule has 0 radical (unpaired) electrons. The van der Waals surface area contributed by atoms with Crippen LogP contribution in [0.4, 0.5) is 11.4 Å². The SMILES string of the molecule is CN(C)c1ccc(/C=N\NC(=O)CN(c2cccc(Br)c2)S(=O)(=O)c2ccccc2)cc1. The third kappa shape index (κ3) is 5.95. The van der Waals surface area contributed by atoms with E-state index in [1.807, 2.05) is 43.3 Å². The molecule has 3 aromatic rings. The van der Waals surface area contributed by atoms with E-state index in [0.717, 1.165) is 15.6 Å². The molecule has 3 rings (SSSR count). The van der Waals surface area contributed by atoms with Gasteiger partial charge in [0.15, 0.2) is 0 Å². The average molecular weight is 515 g/mol. The molecular formula is C23H23BrN4O3S. The smallest absolute Gasteiger partial charge is 0.264 e. The van der Waals surface area contributed by atoms with Crippen molar-refractivity contribution in [3.05, 3.63) is 88.9 Å². The predicted octanol–water partition coefficient (Wildman–Crippen LogP) is 3.86. The molecule has 0 aromatic heterocycles. The van der Waals surface area contributed by atoms with Crippen LogP contribution in [0, 0.1) is 0 Å². The molecule has 1 N–H and O–H groups in total. The molecule has 0 fully saturated rings. The Kier molecular flexibility index (Phi) is 7.66. The molecule has 0 heterocycles. The fraction of sp³-hybridized carbons (Fsp3) is 0.130. The predicted molar refractivity (Wildman–Crippen MR) is 132 cm³/mol. The standard InChI is InChI=1S/C23H23BrN4O3S/c1-27(2)20-13-11-18(12-14-20)16-25-26-23(29)17-28(21-8-6-7-19(24)15-21)32(30,31)22-9-4-3-5-10-22/h3-16H,17H2,1-2H3,(H,26,29)/b25-16-. The summed E-state index contributed by atoms with van der Waals surface area (Å²) >= 11 is 3.35. The number of carbonyl (C=O) groups excluding carboxylic acids is 1. The number of carbonyl (C=O) groups is 1. The molecule has 0 saturated heterocycles. The molecule has 32 heavy (non-hydrogen) atoms. The van der Waals surface area contributed by atoms with Crippen LogP contribution in [0.25, 0.3) is 0 Å². The number of hydrazone groups is 1. The van der Waals surface area contributed by atoms with Gasteiger partial charge in [-0.25, -0.2) is 13.8 Å². The average Bonchev–Trinajstić information content (AvgIpc) is 2.78. The Hall–Kier alpha value is -3.17. The molecule has 3 aromatic carbocycles. The maximum atomic E-state index is 13.2. The minimum atomic E-state index is -3.96. The summed E-state index contributed by atoms with van der Waals surface area (Å²) in [6, 6.07) is 22.4. The highest BCUT2D eigenvalue weighted by atomic mass is 79.9.